The SMILES string of the molecule is CCC(O)C(=O)OC(C=O)(C=O)C(CC)c1ccccc1. The van der Waals surface area contributed by atoms with Gasteiger partial charge in [0.05, 0.1) is 0 Å². The van der Waals surface area contributed by atoms with Crippen molar-refractivity contribution < 1.29 is 24.2 Å². The predicted octanol–water partition coefficient (Wildman–Crippen LogP) is 1.63. The first-order valence-corrected chi connectivity index (χ1v) is 6.93. The van der Waals surface area contributed by atoms with Crippen molar-refractivity contribution in [2.45, 2.75) is 44.3 Å². The molecule has 0 spiro atoms. The zero-order valence-electron chi connectivity index (χ0n) is 12.2. The number of carbonyl (C=O) groups is 3. The molecule has 1 rings (SSSR count). The van der Waals surface area contributed by atoms with Crippen LogP contribution in [0, 0.1) is 0 Å². The van der Waals surface area contributed by atoms with Gasteiger partial charge in [0.2, 0.25) is 5.60 Å². The molecule has 0 radical (unpaired) electrons. The summed E-state index contributed by atoms with van der Waals surface area (Å²) in [5.74, 6) is -1.56. The van der Waals surface area contributed by atoms with Crippen molar-refractivity contribution in [1.29, 1.82) is 0 Å². The van der Waals surface area contributed by atoms with Crippen LogP contribution in [0.3, 0.4) is 0 Å². The number of hydrogen-bond donors (Lipinski definition) is 1. The quantitative estimate of drug-likeness (QED) is 0.447. The maximum Gasteiger partial charge on any atom is 0.336 e. The minimum Gasteiger partial charge on any atom is -0.441 e. The molecule has 114 valence electrons. The topological polar surface area (TPSA) is 80.7 Å². The van der Waals surface area contributed by atoms with Crippen LogP contribution in [0.25, 0.3) is 0 Å². The van der Waals surface area contributed by atoms with Gasteiger partial charge in [0.15, 0.2) is 18.7 Å². The van der Waals surface area contributed by atoms with Crippen LogP contribution in [0.5, 0.6) is 0 Å². The van der Waals surface area contributed by atoms with Crippen molar-refractivity contribution in [1.82, 2.24) is 0 Å². The van der Waals surface area contributed by atoms with Gasteiger partial charge < -0.3 is 9.84 Å². The third-order valence-corrected chi connectivity index (χ3v) is 3.46. The van der Waals surface area contributed by atoms with Crippen molar-refractivity contribution in [3.63, 3.8) is 0 Å². The highest BCUT2D eigenvalue weighted by Gasteiger charge is 2.43. The number of esters is 1. The molecule has 0 aliphatic carbocycles. The molecule has 2 unspecified atom stereocenters. The Kier molecular flexibility index (Phi) is 6.24. The number of carbonyl (C=O) groups excluding carboxylic acids is 3. The van der Waals surface area contributed by atoms with E-state index in [1.165, 1.54) is 0 Å². The average molecular weight is 292 g/mol. The third-order valence-electron chi connectivity index (χ3n) is 3.46. The van der Waals surface area contributed by atoms with Crippen molar-refractivity contribution in [3.05, 3.63) is 35.9 Å². The van der Waals surface area contributed by atoms with Gasteiger partial charge >= 0.3 is 5.97 Å². The summed E-state index contributed by atoms with van der Waals surface area (Å²) in [6.45, 7) is 3.40. The molecular weight excluding hydrogens is 272 g/mol. The largest absolute Gasteiger partial charge is 0.441 e. The summed E-state index contributed by atoms with van der Waals surface area (Å²) in [6.07, 6.45) is -0.105. The lowest BCUT2D eigenvalue weighted by atomic mass is 9.81. The first kappa shape index (κ1) is 17.0. The molecule has 0 aliphatic rings. The Labute approximate surface area is 123 Å². The molecule has 0 heterocycles. The van der Waals surface area contributed by atoms with E-state index in [9.17, 15) is 19.5 Å². The molecule has 1 aromatic carbocycles. The van der Waals surface area contributed by atoms with Crippen molar-refractivity contribution in [2.75, 3.05) is 0 Å². The second kappa shape index (κ2) is 7.69. The van der Waals surface area contributed by atoms with Gasteiger partial charge in [0.1, 0.15) is 0 Å². The number of benzene rings is 1. The molecule has 0 aromatic heterocycles. The van der Waals surface area contributed by atoms with Crippen LogP contribution in [-0.4, -0.2) is 35.4 Å². The highest BCUT2D eigenvalue weighted by atomic mass is 16.6. The van der Waals surface area contributed by atoms with Gasteiger partial charge in [0.25, 0.3) is 0 Å². The maximum atomic E-state index is 11.8. The zero-order chi connectivity index (χ0) is 15.9. The Hall–Kier alpha value is -2.01. The first-order chi connectivity index (χ1) is 10.0. The lowest BCUT2D eigenvalue weighted by molar-refractivity contribution is -0.175. The van der Waals surface area contributed by atoms with Crippen LogP contribution in [0.4, 0.5) is 0 Å². The summed E-state index contributed by atoms with van der Waals surface area (Å²) < 4.78 is 5.07. The molecule has 2 atom stereocenters. The van der Waals surface area contributed by atoms with E-state index in [4.69, 9.17) is 4.74 Å². The monoisotopic (exact) mass is 292 g/mol. The zero-order valence-corrected chi connectivity index (χ0v) is 12.2. The van der Waals surface area contributed by atoms with Crippen molar-refractivity contribution in [3.8, 4) is 0 Å². The smallest absolute Gasteiger partial charge is 0.336 e. The second-order valence-corrected chi connectivity index (χ2v) is 4.81. The molecule has 0 fully saturated rings. The fourth-order valence-electron chi connectivity index (χ4n) is 2.22. The Balaban J connectivity index is 3.16. The van der Waals surface area contributed by atoms with Crippen molar-refractivity contribution >= 4 is 18.5 Å². The predicted molar refractivity (Wildman–Crippen MR) is 76.7 cm³/mol. The summed E-state index contributed by atoms with van der Waals surface area (Å²) in [7, 11) is 0. The molecule has 21 heavy (non-hydrogen) atoms. The van der Waals surface area contributed by atoms with Crippen LogP contribution in [-0.2, 0) is 19.1 Å². The van der Waals surface area contributed by atoms with Crippen molar-refractivity contribution in [2.24, 2.45) is 0 Å². The van der Waals surface area contributed by atoms with Crippen LogP contribution < -0.4 is 0 Å². The molecule has 5 heteroatoms. The number of aliphatic hydroxyl groups is 1. The van der Waals surface area contributed by atoms with Gasteiger partial charge in [-0.2, -0.15) is 0 Å². The fraction of sp³-hybridized carbons (Fsp3) is 0.438. The average Bonchev–Trinajstić information content (AvgIpc) is 2.54. The Bertz CT molecular complexity index is 475. The lowest BCUT2D eigenvalue weighted by Gasteiger charge is -2.31. The van der Waals surface area contributed by atoms with Crippen LogP contribution in [0.1, 0.15) is 38.2 Å². The lowest BCUT2D eigenvalue weighted by Crippen LogP contribution is -2.46. The summed E-state index contributed by atoms with van der Waals surface area (Å²) in [5, 5.41) is 9.50. The van der Waals surface area contributed by atoms with Gasteiger partial charge in [-0.05, 0) is 18.4 Å². The number of rotatable bonds is 8. The van der Waals surface area contributed by atoms with E-state index in [1.54, 1.807) is 38.1 Å². The molecule has 0 amide bonds. The van der Waals surface area contributed by atoms with Gasteiger partial charge in [-0.1, -0.05) is 44.2 Å². The van der Waals surface area contributed by atoms with E-state index in [0.717, 1.165) is 5.56 Å². The number of hydrogen-bond acceptors (Lipinski definition) is 5. The number of aldehydes is 2. The van der Waals surface area contributed by atoms with E-state index in [0.29, 0.717) is 19.0 Å². The summed E-state index contributed by atoms with van der Waals surface area (Å²) >= 11 is 0. The highest BCUT2D eigenvalue weighted by Crippen LogP contribution is 2.32. The standard InChI is InChI=1S/C16H20O5/c1-3-13(12-8-6-5-7-9-12)16(10-17,11-18)21-15(20)14(19)4-2/h5-11,13-14,19H,3-4H2,1-2H3. The summed E-state index contributed by atoms with van der Waals surface area (Å²) in [6, 6.07) is 8.90. The van der Waals surface area contributed by atoms with Crippen LogP contribution >= 0.6 is 0 Å². The van der Waals surface area contributed by atoms with Crippen LogP contribution in [0.2, 0.25) is 0 Å². The van der Waals surface area contributed by atoms with Gasteiger partial charge in [-0.3, -0.25) is 9.59 Å². The third kappa shape index (κ3) is 3.76. The van der Waals surface area contributed by atoms with E-state index < -0.39 is 23.6 Å². The highest BCUT2D eigenvalue weighted by molar-refractivity contribution is 5.93. The second-order valence-electron chi connectivity index (χ2n) is 4.81. The first-order valence-electron chi connectivity index (χ1n) is 6.93. The van der Waals surface area contributed by atoms with Gasteiger partial charge in [-0.15, -0.1) is 0 Å². The maximum absolute atomic E-state index is 11.8. The molecule has 1 N–H and O–H groups in total. The van der Waals surface area contributed by atoms with E-state index >= 15 is 0 Å². The molecular formula is C16H20O5. The molecule has 0 saturated heterocycles. The van der Waals surface area contributed by atoms with Crippen LogP contribution in [0.15, 0.2) is 30.3 Å². The number of ether oxygens (including phenoxy) is 1. The molecule has 0 aliphatic heterocycles. The molecule has 1 aromatic rings. The summed E-state index contributed by atoms with van der Waals surface area (Å²) in [5.41, 5.74) is -1.19. The Morgan fingerprint density at radius 1 is 1.19 bits per heavy atom. The molecule has 5 nitrogen and oxygen atoms in total. The summed E-state index contributed by atoms with van der Waals surface area (Å²) in [4.78, 5) is 34.7. The normalized spacial score (nSPS) is 14.0. The Morgan fingerprint density at radius 2 is 1.76 bits per heavy atom. The number of aliphatic hydroxyl groups excluding tert-OH is 1. The van der Waals surface area contributed by atoms with Gasteiger partial charge in [-0.25, -0.2) is 4.79 Å². The minimum absolute atomic E-state index is 0.148. The minimum atomic E-state index is -1.91. The molecule has 0 bridgehead atoms. The van der Waals surface area contributed by atoms with Gasteiger partial charge in [0, 0.05) is 5.92 Å². The van der Waals surface area contributed by atoms with E-state index in [2.05, 4.69) is 0 Å². The van der Waals surface area contributed by atoms with E-state index in [1.807, 2.05) is 6.07 Å². The Morgan fingerprint density at radius 3 is 2.19 bits per heavy atom. The fourth-order valence-corrected chi connectivity index (χ4v) is 2.22. The molecule has 0 saturated carbocycles. The van der Waals surface area contributed by atoms with E-state index in [-0.39, 0.29) is 6.42 Å².